The van der Waals surface area contributed by atoms with Gasteiger partial charge in [-0.05, 0) is 57.7 Å². The maximum atomic E-state index is 12.9. The van der Waals surface area contributed by atoms with E-state index in [0.29, 0.717) is 31.6 Å². The van der Waals surface area contributed by atoms with Gasteiger partial charge >= 0.3 is 6.09 Å². The number of hydrogen-bond acceptors (Lipinski definition) is 5. The van der Waals surface area contributed by atoms with Crippen molar-refractivity contribution in [3.63, 3.8) is 0 Å². The molecule has 2 fully saturated rings. The smallest absolute Gasteiger partial charge is 0.410 e. The summed E-state index contributed by atoms with van der Waals surface area (Å²) in [5.41, 5.74) is 1.66. The lowest BCUT2D eigenvalue weighted by Crippen LogP contribution is -2.52. The first-order chi connectivity index (χ1) is 15.6. The van der Waals surface area contributed by atoms with Gasteiger partial charge < -0.3 is 14.5 Å². The van der Waals surface area contributed by atoms with E-state index in [9.17, 15) is 19.2 Å². The first-order valence-corrected chi connectivity index (χ1v) is 11.4. The Morgan fingerprint density at radius 2 is 1.85 bits per heavy atom. The van der Waals surface area contributed by atoms with Gasteiger partial charge in [0, 0.05) is 43.1 Å². The van der Waals surface area contributed by atoms with Crippen molar-refractivity contribution in [2.24, 2.45) is 5.92 Å². The Bertz CT molecular complexity index is 1050. The van der Waals surface area contributed by atoms with E-state index < -0.39 is 17.6 Å². The van der Waals surface area contributed by atoms with E-state index in [1.54, 1.807) is 17.0 Å². The Labute approximate surface area is 193 Å². The molecule has 2 saturated heterocycles. The predicted molar refractivity (Wildman–Crippen MR) is 120 cm³/mol. The molecule has 3 heterocycles. The fraction of sp³-hybridized carbons (Fsp3) is 0.520. The van der Waals surface area contributed by atoms with Crippen molar-refractivity contribution in [2.45, 2.75) is 64.6 Å². The molecule has 0 radical (unpaired) electrons. The summed E-state index contributed by atoms with van der Waals surface area (Å²) in [6.07, 6.45) is 1.81. The quantitative estimate of drug-likeness (QED) is 0.523. The van der Waals surface area contributed by atoms with Gasteiger partial charge in [0.15, 0.2) is 0 Å². The van der Waals surface area contributed by atoms with Crippen LogP contribution in [0.15, 0.2) is 18.2 Å². The Morgan fingerprint density at radius 3 is 2.52 bits per heavy atom. The molecule has 1 aromatic rings. The fourth-order valence-corrected chi connectivity index (χ4v) is 4.42. The molecule has 0 spiro atoms. The molecule has 0 saturated carbocycles. The molecule has 3 aliphatic rings. The number of ether oxygens (including phenoxy) is 1. The van der Waals surface area contributed by atoms with E-state index in [4.69, 9.17) is 4.74 Å². The number of nitrogens with one attached hydrogen (secondary N) is 1. The molecular weight excluding hydrogens is 422 g/mol. The molecule has 1 N–H and O–H groups in total. The number of rotatable bonds is 1. The van der Waals surface area contributed by atoms with Crippen molar-refractivity contribution in [2.75, 3.05) is 13.1 Å². The van der Waals surface area contributed by atoms with E-state index in [1.165, 1.54) is 4.90 Å². The minimum atomic E-state index is -0.638. The van der Waals surface area contributed by atoms with E-state index in [0.717, 1.165) is 24.0 Å². The third-order valence-corrected chi connectivity index (χ3v) is 6.14. The van der Waals surface area contributed by atoms with Gasteiger partial charge in [0.1, 0.15) is 11.6 Å². The average Bonchev–Trinajstić information content (AvgIpc) is 3.08. The van der Waals surface area contributed by atoms with E-state index in [1.807, 2.05) is 26.8 Å². The highest BCUT2D eigenvalue weighted by molar-refractivity contribution is 6.05. The summed E-state index contributed by atoms with van der Waals surface area (Å²) >= 11 is 0. The minimum absolute atomic E-state index is 0.155. The summed E-state index contributed by atoms with van der Waals surface area (Å²) in [6, 6.07) is 4.82. The summed E-state index contributed by atoms with van der Waals surface area (Å²) in [5, 5.41) is 2.32. The third kappa shape index (κ3) is 5.03. The summed E-state index contributed by atoms with van der Waals surface area (Å²) in [7, 11) is 0. The molecule has 4 amide bonds. The molecule has 0 aliphatic carbocycles. The lowest BCUT2D eigenvalue weighted by molar-refractivity contribution is -0.136. The number of benzene rings is 1. The molecule has 1 atom stereocenters. The van der Waals surface area contributed by atoms with Crippen LogP contribution in [0.4, 0.5) is 4.79 Å². The molecule has 33 heavy (non-hydrogen) atoms. The molecular formula is C25H29N3O5. The Morgan fingerprint density at radius 1 is 1.12 bits per heavy atom. The summed E-state index contributed by atoms with van der Waals surface area (Å²) in [4.78, 5) is 52.2. The average molecular weight is 452 g/mol. The number of carbonyl (C=O) groups is 4. The lowest BCUT2D eigenvalue weighted by atomic mass is 9.96. The molecule has 174 valence electrons. The van der Waals surface area contributed by atoms with Crippen LogP contribution >= 0.6 is 0 Å². The van der Waals surface area contributed by atoms with Crippen LogP contribution in [0, 0.1) is 17.8 Å². The van der Waals surface area contributed by atoms with E-state index in [-0.39, 0.29) is 30.2 Å². The van der Waals surface area contributed by atoms with Crippen LogP contribution in [0.3, 0.4) is 0 Å². The summed E-state index contributed by atoms with van der Waals surface area (Å²) in [6.45, 7) is 7.07. The highest BCUT2D eigenvalue weighted by Crippen LogP contribution is 2.29. The number of fused-ring (bicyclic) bond motifs is 1. The zero-order valence-electron chi connectivity index (χ0n) is 19.3. The second-order valence-corrected chi connectivity index (χ2v) is 9.74. The number of hydrogen-bond donors (Lipinski definition) is 1. The number of carbonyl (C=O) groups excluding carboxylic acids is 4. The van der Waals surface area contributed by atoms with Crippen LogP contribution in [-0.4, -0.2) is 58.3 Å². The van der Waals surface area contributed by atoms with E-state index >= 15 is 0 Å². The van der Waals surface area contributed by atoms with Crippen molar-refractivity contribution in [1.82, 2.24) is 15.1 Å². The van der Waals surface area contributed by atoms with Crippen molar-refractivity contribution in [3.05, 3.63) is 34.9 Å². The van der Waals surface area contributed by atoms with Gasteiger partial charge in [-0.15, -0.1) is 0 Å². The Kier molecular flexibility index (Phi) is 6.15. The van der Waals surface area contributed by atoms with Gasteiger partial charge in [-0.3, -0.25) is 19.7 Å². The normalized spacial score (nSPS) is 21.3. The topological polar surface area (TPSA) is 96.0 Å². The molecule has 8 nitrogen and oxygen atoms in total. The van der Waals surface area contributed by atoms with Crippen molar-refractivity contribution in [3.8, 4) is 11.8 Å². The van der Waals surface area contributed by atoms with Crippen LogP contribution in [0.2, 0.25) is 0 Å². The van der Waals surface area contributed by atoms with Gasteiger partial charge in [-0.25, -0.2) is 4.79 Å². The molecule has 3 aliphatic heterocycles. The first kappa shape index (κ1) is 22.8. The Hall–Kier alpha value is -3.34. The van der Waals surface area contributed by atoms with Gasteiger partial charge in [-0.2, -0.15) is 0 Å². The summed E-state index contributed by atoms with van der Waals surface area (Å²) in [5.74, 6) is 5.79. The Balaban J connectivity index is 1.42. The van der Waals surface area contributed by atoms with Gasteiger partial charge in [0.05, 0.1) is 0 Å². The number of imide groups is 1. The largest absolute Gasteiger partial charge is 0.444 e. The zero-order chi connectivity index (χ0) is 23.8. The summed E-state index contributed by atoms with van der Waals surface area (Å²) < 4.78 is 5.44. The van der Waals surface area contributed by atoms with Crippen molar-refractivity contribution >= 4 is 23.8 Å². The zero-order valence-corrected chi connectivity index (χ0v) is 19.3. The van der Waals surface area contributed by atoms with E-state index in [2.05, 4.69) is 17.2 Å². The number of amides is 4. The second kappa shape index (κ2) is 8.89. The molecule has 1 unspecified atom stereocenters. The third-order valence-electron chi connectivity index (χ3n) is 6.14. The van der Waals surface area contributed by atoms with Crippen molar-refractivity contribution in [1.29, 1.82) is 0 Å². The minimum Gasteiger partial charge on any atom is -0.444 e. The molecule has 4 rings (SSSR count). The number of piperidine rings is 2. The van der Waals surface area contributed by atoms with Gasteiger partial charge in [-0.1, -0.05) is 17.9 Å². The number of nitrogens with zero attached hydrogens (tertiary/aromatic N) is 2. The van der Waals surface area contributed by atoms with Crippen LogP contribution in [0.1, 0.15) is 67.9 Å². The predicted octanol–water partition coefficient (Wildman–Crippen LogP) is 2.45. The highest BCUT2D eigenvalue weighted by atomic mass is 16.6. The molecule has 1 aromatic carbocycles. The fourth-order valence-electron chi connectivity index (χ4n) is 4.42. The standard InChI is InChI=1S/C25H29N3O5/c1-25(2,3)33-24(32)27-13-11-16(12-14-27)7-8-17-5-4-6-18-19(17)15-28(23(18)31)20-9-10-21(29)26-22(20)30/h4-6,16,20H,9-15H2,1-3H3,(H,26,29,30). The first-order valence-electron chi connectivity index (χ1n) is 11.4. The lowest BCUT2D eigenvalue weighted by Gasteiger charge is -2.31. The van der Waals surface area contributed by atoms with Crippen LogP contribution in [0.5, 0.6) is 0 Å². The monoisotopic (exact) mass is 451 g/mol. The SMILES string of the molecule is CC(C)(C)OC(=O)N1CCC(C#Cc2cccc3c2CN(C2CCC(=O)NC2=O)C3=O)CC1. The van der Waals surface area contributed by atoms with Gasteiger partial charge in [0.2, 0.25) is 11.8 Å². The molecule has 8 heteroatoms. The van der Waals surface area contributed by atoms with Crippen LogP contribution < -0.4 is 5.32 Å². The molecule has 0 bridgehead atoms. The maximum absolute atomic E-state index is 12.9. The van der Waals surface area contributed by atoms with Crippen LogP contribution in [0.25, 0.3) is 0 Å². The highest BCUT2D eigenvalue weighted by Gasteiger charge is 2.39. The van der Waals surface area contributed by atoms with Crippen LogP contribution in [-0.2, 0) is 20.9 Å². The van der Waals surface area contributed by atoms with Crippen molar-refractivity contribution < 1.29 is 23.9 Å². The van der Waals surface area contributed by atoms with Gasteiger partial charge in [0.25, 0.3) is 5.91 Å². The molecule has 0 aromatic heterocycles. The second-order valence-electron chi connectivity index (χ2n) is 9.74. The maximum Gasteiger partial charge on any atom is 0.410 e. The number of likely N-dealkylation sites (tertiary alicyclic amines) is 1.